The number of nitrogens with zero attached hydrogens (tertiary/aromatic N) is 3. The van der Waals surface area contributed by atoms with Crippen molar-refractivity contribution in [3.8, 4) is 6.07 Å². The van der Waals surface area contributed by atoms with E-state index in [0.29, 0.717) is 12.3 Å². The van der Waals surface area contributed by atoms with Gasteiger partial charge >= 0.3 is 0 Å². The molecule has 0 aliphatic carbocycles. The molecule has 1 spiro atoms. The molecule has 1 atom stereocenters. The van der Waals surface area contributed by atoms with Crippen molar-refractivity contribution in [1.29, 1.82) is 5.26 Å². The maximum atomic E-state index is 12.4. The van der Waals surface area contributed by atoms with E-state index in [0.717, 1.165) is 63.1 Å². The number of para-hydroxylation sites is 1. The smallest absolute Gasteiger partial charge is 0.222 e. The summed E-state index contributed by atoms with van der Waals surface area (Å²) in [7, 11) is 0. The van der Waals surface area contributed by atoms with Crippen LogP contribution in [0.25, 0.3) is 0 Å². The molecular weight excluding hydrogens is 298 g/mol. The average molecular weight is 325 g/mol. The lowest BCUT2D eigenvalue weighted by molar-refractivity contribution is -0.134. The van der Waals surface area contributed by atoms with Gasteiger partial charge < -0.3 is 9.80 Å². The van der Waals surface area contributed by atoms with Gasteiger partial charge in [-0.1, -0.05) is 25.5 Å². The van der Waals surface area contributed by atoms with Crippen LogP contribution in [0.15, 0.2) is 24.3 Å². The predicted molar refractivity (Wildman–Crippen MR) is 95.8 cm³/mol. The van der Waals surface area contributed by atoms with Crippen LogP contribution >= 0.6 is 0 Å². The highest BCUT2D eigenvalue weighted by molar-refractivity contribution is 5.76. The van der Waals surface area contributed by atoms with Gasteiger partial charge in [0.05, 0.1) is 11.3 Å². The second kappa shape index (κ2) is 7.25. The maximum Gasteiger partial charge on any atom is 0.222 e. The molecule has 128 valence electrons. The standard InChI is InChI=1S/C20H27N3O/c1-2-3-9-19(24)23-12-6-10-20(16-23)11-13-22(15-20)18-8-5-4-7-17(18)14-21/h4-5,7-8H,2-3,6,9-13,15-16H2,1H3. The SMILES string of the molecule is CCCCC(=O)N1CCCC2(CCN(c3ccccc3C#N)C2)C1. The van der Waals surface area contributed by atoms with Gasteiger partial charge in [-0.15, -0.1) is 0 Å². The van der Waals surface area contributed by atoms with E-state index in [1.807, 2.05) is 24.3 Å². The first kappa shape index (κ1) is 16.8. The van der Waals surface area contributed by atoms with Crippen molar-refractivity contribution in [2.24, 2.45) is 5.41 Å². The number of piperidine rings is 1. The molecule has 3 rings (SSSR count). The molecule has 4 nitrogen and oxygen atoms in total. The predicted octanol–water partition coefficient (Wildman–Crippen LogP) is 3.57. The molecule has 2 saturated heterocycles. The number of amides is 1. The summed E-state index contributed by atoms with van der Waals surface area (Å²) in [6, 6.07) is 10.2. The van der Waals surface area contributed by atoms with E-state index in [9.17, 15) is 10.1 Å². The topological polar surface area (TPSA) is 47.3 Å². The normalized spacial score (nSPS) is 23.5. The summed E-state index contributed by atoms with van der Waals surface area (Å²) in [6.45, 7) is 5.88. The molecule has 1 aromatic carbocycles. The number of hydrogen-bond donors (Lipinski definition) is 0. The van der Waals surface area contributed by atoms with Gasteiger partial charge in [0, 0.05) is 38.0 Å². The molecule has 0 aromatic heterocycles. The van der Waals surface area contributed by atoms with Gasteiger partial charge in [0.25, 0.3) is 0 Å². The number of carbonyl (C=O) groups is 1. The number of anilines is 1. The van der Waals surface area contributed by atoms with Crippen molar-refractivity contribution in [3.63, 3.8) is 0 Å². The van der Waals surface area contributed by atoms with E-state index in [4.69, 9.17) is 0 Å². The fraction of sp³-hybridized carbons (Fsp3) is 0.600. The van der Waals surface area contributed by atoms with Crippen molar-refractivity contribution in [3.05, 3.63) is 29.8 Å². The van der Waals surface area contributed by atoms with E-state index in [1.54, 1.807) is 0 Å². The summed E-state index contributed by atoms with van der Waals surface area (Å²) in [5.41, 5.74) is 2.01. The third-order valence-electron chi connectivity index (χ3n) is 5.56. The number of benzene rings is 1. The van der Waals surface area contributed by atoms with Gasteiger partial charge in [0.2, 0.25) is 5.91 Å². The van der Waals surface area contributed by atoms with Crippen LogP contribution in [-0.2, 0) is 4.79 Å². The fourth-order valence-electron chi connectivity index (χ4n) is 4.22. The zero-order valence-electron chi connectivity index (χ0n) is 14.6. The molecule has 24 heavy (non-hydrogen) atoms. The first-order valence-electron chi connectivity index (χ1n) is 9.19. The van der Waals surface area contributed by atoms with Crippen LogP contribution < -0.4 is 4.90 Å². The molecule has 2 aliphatic heterocycles. The minimum absolute atomic E-state index is 0.211. The zero-order chi connectivity index (χ0) is 17.0. The lowest BCUT2D eigenvalue weighted by Gasteiger charge is -2.40. The fourth-order valence-corrected chi connectivity index (χ4v) is 4.22. The van der Waals surface area contributed by atoms with Crippen molar-refractivity contribution in [1.82, 2.24) is 4.90 Å². The Balaban J connectivity index is 1.69. The van der Waals surface area contributed by atoms with E-state index < -0.39 is 0 Å². The van der Waals surface area contributed by atoms with Gasteiger partial charge in [-0.05, 0) is 37.8 Å². The number of nitriles is 1. The second-order valence-corrected chi connectivity index (χ2v) is 7.32. The first-order chi connectivity index (χ1) is 11.7. The van der Waals surface area contributed by atoms with Crippen LogP contribution in [0.3, 0.4) is 0 Å². The largest absolute Gasteiger partial charge is 0.370 e. The molecule has 0 N–H and O–H groups in total. The summed E-state index contributed by atoms with van der Waals surface area (Å²) < 4.78 is 0. The molecule has 2 fully saturated rings. The van der Waals surface area contributed by atoms with Crippen molar-refractivity contribution < 1.29 is 4.79 Å². The minimum atomic E-state index is 0.211. The van der Waals surface area contributed by atoms with Crippen molar-refractivity contribution in [2.75, 3.05) is 31.1 Å². The summed E-state index contributed by atoms with van der Waals surface area (Å²) >= 11 is 0. The van der Waals surface area contributed by atoms with Crippen LogP contribution in [0.1, 0.15) is 51.0 Å². The van der Waals surface area contributed by atoms with Gasteiger partial charge in [-0.3, -0.25) is 4.79 Å². The molecule has 0 saturated carbocycles. The molecule has 1 amide bonds. The summed E-state index contributed by atoms with van der Waals surface area (Å²) in [6.07, 6.45) is 6.16. The third kappa shape index (κ3) is 3.40. The van der Waals surface area contributed by atoms with E-state index >= 15 is 0 Å². The molecule has 2 aliphatic rings. The molecule has 1 unspecified atom stereocenters. The number of rotatable bonds is 4. The van der Waals surface area contributed by atoms with Crippen LogP contribution in [0.5, 0.6) is 0 Å². The van der Waals surface area contributed by atoms with Crippen molar-refractivity contribution >= 4 is 11.6 Å². The Labute approximate surface area is 145 Å². The van der Waals surface area contributed by atoms with Crippen molar-refractivity contribution in [2.45, 2.75) is 45.4 Å². The third-order valence-corrected chi connectivity index (χ3v) is 5.56. The highest BCUT2D eigenvalue weighted by Gasteiger charge is 2.42. The summed E-state index contributed by atoms with van der Waals surface area (Å²) in [5, 5.41) is 9.35. The Bertz CT molecular complexity index is 636. The van der Waals surface area contributed by atoms with E-state index in [-0.39, 0.29) is 5.41 Å². The van der Waals surface area contributed by atoms with Crippen LogP contribution in [-0.4, -0.2) is 37.0 Å². The Morgan fingerprint density at radius 2 is 2.08 bits per heavy atom. The Morgan fingerprint density at radius 3 is 2.88 bits per heavy atom. The number of likely N-dealkylation sites (tertiary alicyclic amines) is 1. The van der Waals surface area contributed by atoms with E-state index in [1.165, 1.54) is 6.42 Å². The van der Waals surface area contributed by atoms with Gasteiger partial charge in [0.15, 0.2) is 0 Å². The van der Waals surface area contributed by atoms with Crippen LogP contribution in [0.4, 0.5) is 5.69 Å². The summed E-state index contributed by atoms with van der Waals surface area (Å²) in [5.74, 6) is 0.326. The maximum absolute atomic E-state index is 12.4. The highest BCUT2D eigenvalue weighted by Crippen LogP contribution is 2.41. The van der Waals surface area contributed by atoms with Gasteiger partial charge in [-0.2, -0.15) is 5.26 Å². The summed E-state index contributed by atoms with van der Waals surface area (Å²) in [4.78, 5) is 16.9. The Kier molecular flexibility index (Phi) is 5.08. The number of unbranched alkanes of at least 4 members (excludes halogenated alkanes) is 1. The molecule has 4 heteroatoms. The van der Waals surface area contributed by atoms with Gasteiger partial charge in [0.1, 0.15) is 6.07 Å². The Morgan fingerprint density at radius 1 is 1.25 bits per heavy atom. The lowest BCUT2D eigenvalue weighted by Crippen LogP contribution is -2.47. The molecule has 0 radical (unpaired) electrons. The zero-order valence-corrected chi connectivity index (χ0v) is 14.6. The molecule has 0 bridgehead atoms. The number of hydrogen-bond acceptors (Lipinski definition) is 3. The molecule has 1 aromatic rings. The second-order valence-electron chi connectivity index (χ2n) is 7.32. The molecule has 2 heterocycles. The van der Waals surface area contributed by atoms with Crippen LogP contribution in [0.2, 0.25) is 0 Å². The molecular formula is C20H27N3O. The van der Waals surface area contributed by atoms with Gasteiger partial charge in [-0.25, -0.2) is 0 Å². The average Bonchev–Trinajstić information content (AvgIpc) is 3.02. The minimum Gasteiger partial charge on any atom is -0.370 e. The highest BCUT2D eigenvalue weighted by atomic mass is 16.2. The Hall–Kier alpha value is -2.02. The quantitative estimate of drug-likeness (QED) is 0.850. The monoisotopic (exact) mass is 325 g/mol. The first-order valence-corrected chi connectivity index (χ1v) is 9.19. The lowest BCUT2D eigenvalue weighted by atomic mass is 9.79. The number of carbonyl (C=O) groups excluding carboxylic acids is 1. The van der Waals surface area contributed by atoms with Crippen LogP contribution in [0, 0.1) is 16.7 Å². The van der Waals surface area contributed by atoms with E-state index in [2.05, 4.69) is 22.8 Å².